The number of benzene rings is 1. The molecule has 1 aliphatic heterocycles. The molecular formula is C25H28N4O4S. The van der Waals surface area contributed by atoms with Crippen molar-refractivity contribution in [2.24, 2.45) is 5.92 Å². The second-order valence-electron chi connectivity index (χ2n) is 9.18. The Kier molecular flexibility index (Phi) is 6.07. The summed E-state index contributed by atoms with van der Waals surface area (Å²) in [5.74, 6) is -0.0684. The van der Waals surface area contributed by atoms with Gasteiger partial charge in [-0.15, -0.1) is 0 Å². The normalized spacial score (nSPS) is 17.5. The smallest absolute Gasteiger partial charge is 0.269 e. The van der Waals surface area contributed by atoms with Gasteiger partial charge in [-0.2, -0.15) is 0 Å². The van der Waals surface area contributed by atoms with Gasteiger partial charge >= 0.3 is 0 Å². The molecule has 1 amide bonds. The molecule has 0 saturated carbocycles. The van der Waals surface area contributed by atoms with E-state index in [9.17, 15) is 18.0 Å². The standard InChI is InChI=1S/C25H28N4O4S/c1-16-8-5-6-9-18(16)20-12-11-19(22(27-20)29-15-13-17(2)25(29,3)4)23(30)28-34(32,33)21-10-7-14-26-24(21)31/h5-12,14,17H,13,15H2,1-4H3,(H,26,31)(H,28,30). The van der Waals surface area contributed by atoms with Crippen LogP contribution in [0, 0.1) is 12.8 Å². The van der Waals surface area contributed by atoms with Gasteiger partial charge in [0.2, 0.25) is 0 Å². The van der Waals surface area contributed by atoms with Crippen LogP contribution in [-0.2, 0) is 10.0 Å². The van der Waals surface area contributed by atoms with E-state index in [0.29, 0.717) is 24.0 Å². The van der Waals surface area contributed by atoms with E-state index in [-0.39, 0.29) is 11.1 Å². The van der Waals surface area contributed by atoms with Crippen molar-refractivity contribution < 1.29 is 13.2 Å². The van der Waals surface area contributed by atoms with Crippen molar-refractivity contribution >= 4 is 21.7 Å². The topological polar surface area (TPSA) is 112 Å². The average Bonchev–Trinajstić information content (AvgIpc) is 3.05. The summed E-state index contributed by atoms with van der Waals surface area (Å²) in [7, 11) is -4.38. The number of anilines is 1. The highest BCUT2D eigenvalue weighted by Crippen LogP contribution is 2.39. The summed E-state index contributed by atoms with van der Waals surface area (Å²) in [6, 6.07) is 13.7. The Bertz CT molecular complexity index is 1410. The molecule has 8 nitrogen and oxygen atoms in total. The molecule has 0 spiro atoms. The fourth-order valence-electron chi connectivity index (χ4n) is 4.30. The highest BCUT2D eigenvalue weighted by Gasteiger charge is 2.41. The molecule has 0 radical (unpaired) electrons. The molecule has 1 unspecified atom stereocenters. The third-order valence-corrected chi connectivity index (χ3v) is 8.14. The number of rotatable bonds is 5. The van der Waals surface area contributed by atoms with Gasteiger partial charge in [0.25, 0.3) is 21.5 Å². The number of aromatic amines is 1. The van der Waals surface area contributed by atoms with Gasteiger partial charge in [-0.25, -0.2) is 18.1 Å². The van der Waals surface area contributed by atoms with Gasteiger partial charge < -0.3 is 9.88 Å². The van der Waals surface area contributed by atoms with Crippen LogP contribution in [0.25, 0.3) is 11.3 Å². The number of sulfonamides is 1. The van der Waals surface area contributed by atoms with Gasteiger partial charge in [0.15, 0.2) is 4.90 Å². The number of aromatic nitrogens is 2. The van der Waals surface area contributed by atoms with Gasteiger partial charge in [-0.1, -0.05) is 31.2 Å². The Morgan fingerprint density at radius 3 is 2.53 bits per heavy atom. The Morgan fingerprint density at radius 2 is 1.88 bits per heavy atom. The van der Waals surface area contributed by atoms with Crippen molar-refractivity contribution in [1.82, 2.24) is 14.7 Å². The second kappa shape index (κ2) is 8.72. The minimum Gasteiger partial charge on any atom is -0.351 e. The Balaban J connectivity index is 1.80. The molecule has 4 rings (SSSR count). The summed E-state index contributed by atoms with van der Waals surface area (Å²) in [6.07, 6.45) is 2.24. The van der Waals surface area contributed by atoms with E-state index in [2.05, 4.69) is 30.7 Å². The van der Waals surface area contributed by atoms with Crippen LogP contribution in [0.4, 0.5) is 5.82 Å². The summed E-state index contributed by atoms with van der Waals surface area (Å²) in [5, 5.41) is 0. The lowest BCUT2D eigenvalue weighted by Crippen LogP contribution is -2.44. The van der Waals surface area contributed by atoms with E-state index in [1.165, 1.54) is 12.3 Å². The van der Waals surface area contributed by atoms with Crippen molar-refractivity contribution in [1.29, 1.82) is 0 Å². The lowest BCUT2D eigenvalue weighted by molar-refractivity contribution is 0.0981. The van der Waals surface area contributed by atoms with Crippen LogP contribution in [0.2, 0.25) is 0 Å². The molecular weight excluding hydrogens is 452 g/mol. The van der Waals surface area contributed by atoms with Crippen LogP contribution in [0.3, 0.4) is 0 Å². The van der Waals surface area contributed by atoms with Gasteiger partial charge in [-0.3, -0.25) is 9.59 Å². The van der Waals surface area contributed by atoms with E-state index in [4.69, 9.17) is 4.98 Å². The van der Waals surface area contributed by atoms with Gasteiger partial charge in [0.1, 0.15) is 5.82 Å². The number of carbonyl (C=O) groups excluding carboxylic acids is 1. The number of amides is 1. The van der Waals surface area contributed by atoms with E-state index in [0.717, 1.165) is 23.6 Å². The molecule has 178 valence electrons. The predicted octanol–water partition coefficient (Wildman–Crippen LogP) is 3.49. The fourth-order valence-corrected chi connectivity index (χ4v) is 5.33. The maximum Gasteiger partial charge on any atom is 0.269 e. The van der Waals surface area contributed by atoms with Crippen molar-refractivity contribution in [3.8, 4) is 11.3 Å². The first-order chi connectivity index (χ1) is 16.0. The molecule has 1 atom stereocenters. The number of nitrogens with zero attached hydrogens (tertiary/aromatic N) is 2. The van der Waals surface area contributed by atoms with Gasteiger partial charge in [0.05, 0.1) is 11.3 Å². The maximum absolute atomic E-state index is 13.3. The average molecular weight is 481 g/mol. The SMILES string of the molecule is Cc1ccccc1-c1ccc(C(=O)NS(=O)(=O)c2ccc[nH]c2=O)c(N2CCC(C)C2(C)C)n1. The summed E-state index contributed by atoms with van der Waals surface area (Å²) >= 11 is 0. The summed E-state index contributed by atoms with van der Waals surface area (Å²) in [5.41, 5.74) is 1.72. The molecule has 0 aliphatic carbocycles. The number of hydrogen-bond acceptors (Lipinski definition) is 6. The first-order valence-corrected chi connectivity index (χ1v) is 12.6. The molecule has 1 aromatic carbocycles. The first-order valence-electron chi connectivity index (χ1n) is 11.1. The van der Waals surface area contributed by atoms with E-state index < -0.39 is 26.4 Å². The van der Waals surface area contributed by atoms with Crippen LogP contribution in [0.15, 0.2) is 64.4 Å². The minimum absolute atomic E-state index is 0.135. The highest BCUT2D eigenvalue weighted by molar-refractivity contribution is 7.90. The molecule has 3 heterocycles. The molecule has 2 aromatic heterocycles. The second-order valence-corrected chi connectivity index (χ2v) is 10.8. The molecule has 0 bridgehead atoms. The largest absolute Gasteiger partial charge is 0.351 e. The number of nitrogens with one attached hydrogen (secondary N) is 2. The zero-order chi connectivity index (χ0) is 24.7. The quantitative estimate of drug-likeness (QED) is 0.578. The summed E-state index contributed by atoms with van der Waals surface area (Å²) in [4.78, 5) is 34.0. The third kappa shape index (κ3) is 4.23. The molecule has 1 saturated heterocycles. The number of carbonyl (C=O) groups is 1. The zero-order valence-electron chi connectivity index (χ0n) is 19.6. The molecule has 2 N–H and O–H groups in total. The van der Waals surface area contributed by atoms with Crippen LogP contribution in [0.1, 0.15) is 43.1 Å². The van der Waals surface area contributed by atoms with Crippen molar-refractivity contribution in [3.63, 3.8) is 0 Å². The monoisotopic (exact) mass is 480 g/mol. The minimum atomic E-state index is -4.38. The van der Waals surface area contributed by atoms with Crippen LogP contribution in [0.5, 0.6) is 0 Å². The molecule has 34 heavy (non-hydrogen) atoms. The summed E-state index contributed by atoms with van der Waals surface area (Å²) < 4.78 is 27.6. The lowest BCUT2D eigenvalue weighted by Gasteiger charge is -2.36. The van der Waals surface area contributed by atoms with Crippen LogP contribution >= 0.6 is 0 Å². The van der Waals surface area contributed by atoms with Crippen molar-refractivity contribution in [3.05, 3.63) is 76.2 Å². The molecule has 3 aromatic rings. The van der Waals surface area contributed by atoms with Crippen molar-refractivity contribution in [2.75, 3.05) is 11.4 Å². The van der Waals surface area contributed by atoms with Crippen LogP contribution < -0.4 is 15.2 Å². The Labute approximate surface area is 199 Å². The number of H-pyrrole nitrogens is 1. The third-order valence-electron chi connectivity index (χ3n) is 6.78. The summed E-state index contributed by atoms with van der Waals surface area (Å²) in [6.45, 7) is 9.01. The van der Waals surface area contributed by atoms with Crippen molar-refractivity contribution in [2.45, 2.75) is 44.6 Å². The Hall–Kier alpha value is -3.46. The van der Waals surface area contributed by atoms with Gasteiger partial charge in [-0.05, 0) is 62.9 Å². The Morgan fingerprint density at radius 1 is 1.15 bits per heavy atom. The van der Waals surface area contributed by atoms with E-state index in [1.807, 2.05) is 35.9 Å². The first kappa shape index (κ1) is 23.7. The highest BCUT2D eigenvalue weighted by atomic mass is 32.2. The van der Waals surface area contributed by atoms with E-state index in [1.54, 1.807) is 12.1 Å². The van der Waals surface area contributed by atoms with E-state index >= 15 is 0 Å². The maximum atomic E-state index is 13.3. The predicted molar refractivity (Wildman–Crippen MR) is 131 cm³/mol. The number of aryl methyl sites for hydroxylation is 1. The molecule has 1 aliphatic rings. The fraction of sp³-hybridized carbons (Fsp3) is 0.320. The van der Waals surface area contributed by atoms with Crippen LogP contribution in [-0.4, -0.2) is 36.4 Å². The number of pyridine rings is 2. The molecule has 9 heteroatoms. The number of hydrogen-bond donors (Lipinski definition) is 2. The lowest BCUT2D eigenvalue weighted by atomic mass is 9.90. The van der Waals surface area contributed by atoms with Gasteiger partial charge in [0, 0.05) is 23.8 Å². The zero-order valence-corrected chi connectivity index (χ0v) is 20.4. The molecule has 1 fully saturated rings.